The van der Waals surface area contributed by atoms with Crippen molar-refractivity contribution in [2.45, 2.75) is 45.2 Å². The molecule has 12 heteroatoms. The molecule has 0 aromatic heterocycles. The summed E-state index contributed by atoms with van der Waals surface area (Å²) in [6, 6.07) is 10.1. The van der Waals surface area contributed by atoms with Crippen LogP contribution < -0.4 is 30.7 Å². The van der Waals surface area contributed by atoms with E-state index >= 15 is 0 Å². The van der Waals surface area contributed by atoms with Gasteiger partial charge in [0.2, 0.25) is 11.8 Å². The smallest absolute Gasteiger partial charge is 0.255 e. The van der Waals surface area contributed by atoms with Gasteiger partial charge < -0.3 is 35.6 Å². The third kappa shape index (κ3) is 10.7. The van der Waals surface area contributed by atoms with Crippen molar-refractivity contribution in [2.75, 3.05) is 46.9 Å². The lowest BCUT2D eigenvalue weighted by molar-refractivity contribution is -0.124. The first-order valence-electron chi connectivity index (χ1n) is 14.5. The zero-order valence-corrected chi connectivity index (χ0v) is 26.0. The number of nitrogens with zero attached hydrogens (tertiary/aromatic N) is 1. The molecule has 2 aromatic rings. The van der Waals surface area contributed by atoms with E-state index in [0.717, 1.165) is 13.0 Å². The highest BCUT2D eigenvalue weighted by atomic mass is 35.5. The standard InChI is InChI=1S/C31H42ClN5O6/c1-20(2)25-19-43-27-12-10-21(32)18-23(27)29(39)34-15-17-42-26-9-6-5-8-22(26)30(40)36-24(11-13-28(38)35-25)31(41)33-14-7-16-37(3)4/h5-6,8-10,12,18,20,24-25H,7,11,13-17,19H2,1-4H3,(H,33,41)(H,34,39)(H,35,38)(H,36,40)/t24-,25-/m0/s1. The number of para-hydroxylation sites is 1. The second-order valence-electron chi connectivity index (χ2n) is 11.0. The Hall–Kier alpha value is -3.83. The molecular weight excluding hydrogens is 574 g/mol. The fourth-order valence-corrected chi connectivity index (χ4v) is 4.55. The van der Waals surface area contributed by atoms with Crippen molar-refractivity contribution in [1.29, 1.82) is 0 Å². The van der Waals surface area contributed by atoms with Crippen molar-refractivity contribution in [1.82, 2.24) is 26.2 Å². The first kappa shape index (κ1) is 33.7. The summed E-state index contributed by atoms with van der Waals surface area (Å²) in [5.74, 6) is -0.957. The molecule has 3 rings (SSSR count). The summed E-state index contributed by atoms with van der Waals surface area (Å²) in [5, 5.41) is 11.8. The number of nitrogens with one attached hydrogen (secondary N) is 4. The number of halogens is 1. The molecule has 0 aliphatic carbocycles. The summed E-state index contributed by atoms with van der Waals surface area (Å²) in [7, 11) is 3.90. The molecule has 0 spiro atoms. The molecule has 0 saturated heterocycles. The average molecular weight is 616 g/mol. The van der Waals surface area contributed by atoms with Crippen LogP contribution >= 0.6 is 11.6 Å². The van der Waals surface area contributed by atoms with Crippen molar-refractivity contribution >= 4 is 35.2 Å². The predicted octanol–water partition coefficient (Wildman–Crippen LogP) is 2.63. The lowest BCUT2D eigenvalue weighted by Gasteiger charge is -2.24. The van der Waals surface area contributed by atoms with Crippen LogP contribution in [0.5, 0.6) is 11.5 Å². The Bertz CT molecular complexity index is 1270. The summed E-state index contributed by atoms with van der Waals surface area (Å²) in [6.45, 7) is 5.44. The monoisotopic (exact) mass is 615 g/mol. The van der Waals surface area contributed by atoms with E-state index in [1.807, 2.05) is 32.8 Å². The third-order valence-corrected chi connectivity index (χ3v) is 7.13. The quantitative estimate of drug-likeness (QED) is 0.367. The summed E-state index contributed by atoms with van der Waals surface area (Å²) >= 11 is 6.17. The van der Waals surface area contributed by atoms with Gasteiger partial charge in [0.05, 0.1) is 23.7 Å². The number of hydrogen-bond acceptors (Lipinski definition) is 7. The molecule has 43 heavy (non-hydrogen) atoms. The molecular formula is C31H42ClN5O6. The van der Waals surface area contributed by atoms with Crippen molar-refractivity contribution in [3.8, 4) is 11.5 Å². The number of carbonyl (C=O) groups excluding carboxylic acids is 4. The van der Waals surface area contributed by atoms with E-state index in [0.29, 0.717) is 23.1 Å². The van der Waals surface area contributed by atoms with E-state index < -0.39 is 17.9 Å². The van der Waals surface area contributed by atoms with Crippen LogP contribution in [0.25, 0.3) is 0 Å². The van der Waals surface area contributed by atoms with Gasteiger partial charge in [-0.05, 0) is 69.7 Å². The zero-order valence-electron chi connectivity index (χ0n) is 25.2. The lowest BCUT2D eigenvalue weighted by Crippen LogP contribution is -2.48. The molecule has 0 saturated carbocycles. The van der Waals surface area contributed by atoms with Gasteiger partial charge in [0.1, 0.15) is 30.8 Å². The number of benzene rings is 2. The van der Waals surface area contributed by atoms with Crippen molar-refractivity contribution in [3.05, 3.63) is 58.6 Å². The maximum Gasteiger partial charge on any atom is 0.255 e. The fraction of sp³-hybridized carbons (Fsp3) is 0.484. The molecule has 1 aliphatic rings. The number of hydrogen-bond donors (Lipinski definition) is 4. The van der Waals surface area contributed by atoms with Gasteiger partial charge in [-0.15, -0.1) is 0 Å². The largest absolute Gasteiger partial charge is 0.491 e. The van der Waals surface area contributed by atoms with Gasteiger partial charge in [0.15, 0.2) is 0 Å². The van der Waals surface area contributed by atoms with Gasteiger partial charge in [0.25, 0.3) is 11.8 Å². The molecule has 1 aliphatic heterocycles. The SMILES string of the molecule is CC(C)[C@@H]1COc2ccc(Cl)cc2C(=O)NCCOc2ccccc2C(=O)N[C@H](C(=O)NCCCN(C)C)CCC(=O)N1. The van der Waals surface area contributed by atoms with Gasteiger partial charge in [-0.25, -0.2) is 0 Å². The maximum absolute atomic E-state index is 13.3. The molecule has 234 valence electrons. The van der Waals surface area contributed by atoms with Gasteiger partial charge >= 0.3 is 0 Å². The molecule has 1 heterocycles. The fourth-order valence-electron chi connectivity index (χ4n) is 4.38. The highest BCUT2D eigenvalue weighted by molar-refractivity contribution is 6.31. The molecule has 4 N–H and O–H groups in total. The van der Waals surface area contributed by atoms with Crippen molar-refractivity contribution < 1.29 is 28.7 Å². The second-order valence-corrected chi connectivity index (χ2v) is 11.4. The van der Waals surface area contributed by atoms with Crippen LogP contribution in [0.4, 0.5) is 0 Å². The molecule has 2 aromatic carbocycles. The minimum absolute atomic E-state index is 0.00628. The number of rotatable bonds is 6. The molecule has 2 atom stereocenters. The summed E-state index contributed by atoms with van der Waals surface area (Å²) in [6.07, 6.45) is 0.816. The van der Waals surface area contributed by atoms with E-state index in [1.165, 1.54) is 6.07 Å². The average Bonchev–Trinajstić information content (AvgIpc) is 2.97. The third-order valence-electron chi connectivity index (χ3n) is 6.90. The molecule has 0 bridgehead atoms. The highest BCUT2D eigenvalue weighted by Crippen LogP contribution is 2.24. The highest BCUT2D eigenvalue weighted by Gasteiger charge is 2.26. The molecule has 0 radical (unpaired) electrons. The molecule has 11 nitrogen and oxygen atoms in total. The Morgan fingerprint density at radius 2 is 1.77 bits per heavy atom. The normalized spacial score (nSPS) is 18.8. The van der Waals surface area contributed by atoms with Crippen molar-refractivity contribution in [3.63, 3.8) is 0 Å². The van der Waals surface area contributed by atoms with Crippen molar-refractivity contribution in [2.24, 2.45) is 5.92 Å². The predicted molar refractivity (Wildman–Crippen MR) is 165 cm³/mol. The topological polar surface area (TPSA) is 138 Å². The minimum Gasteiger partial charge on any atom is -0.491 e. The first-order valence-corrected chi connectivity index (χ1v) is 14.9. The maximum atomic E-state index is 13.3. The Labute approximate surface area is 258 Å². The molecule has 4 amide bonds. The van der Waals surface area contributed by atoms with Gasteiger partial charge in [0, 0.05) is 18.0 Å². The van der Waals surface area contributed by atoms with Crippen LogP contribution in [0.15, 0.2) is 42.5 Å². The van der Waals surface area contributed by atoms with Gasteiger partial charge in [-0.2, -0.15) is 0 Å². The lowest BCUT2D eigenvalue weighted by atomic mass is 10.0. The van der Waals surface area contributed by atoms with E-state index in [2.05, 4.69) is 21.3 Å². The number of carbonyl (C=O) groups is 4. The summed E-state index contributed by atoms with van der Waals surface area (Å²) < 4.78 is 11.8. The Balaban J connectivity index is 1.85. The van der Waals surface area contributed by atoms with E-state index in [9.17, 15) is 19.2 Å². The zero-order chi connectivity index (χ0) is 31.4. The van der Waals surface area contributed by atoms with E-state index in [4.69, 9.17) is 21.1 Å². The summed E-state index contributed by atoms with van der Waals surface area (Å²) in [4.78, 5) is 54.6. The number of amides is 4. The van der Waals surface area contributed by atoms with Gasteiger partial charge in [-0.1, -0.05) is 37.6 Å². The minimum atomic E-state index is -0.947. The Morgan fingerprint density at radius 3 is 2.51 bits per heavy atom. The van der Waals surface area contributed by atoms with Crippen LogP contribution in [0, 0.1) is 5.92 Å². The Morgan fingerprint density at radius 1 is 1.02 bits per heavy atom. The molecule has 0 fully saturated rings. The Kier molecular flexibility index (Phi) is 13.1. The van der Waals surface area contributed by atoms with E-state index in [1.54, 1.807) is 36.4 Å². The van der Waals surface area contributed by atoms with E-state index in [-0.39, 0.29) is 67.5 Å². The van der Waals surface area contributed by atoms with Crippen LogP contribution in [0.1, 0.15) is 53.8 Å². The van der Waals surface area contributed by atoms with Crippen LogP contribution in [-0.4, -0.2) is 87.6 Å². The van der Waals surface area contributed by atoms with Gasteiger partial charge in [-0.3, -0.25) is 19.2 Å². The molecule has 0 unspecified atom stereocenters. The number of ether oxygens (including phenoxy) is 2. The number of fused-ring (bicyclic) bond motifs is 2. The van der Waals surface area contributed by atoms with Crippen LogP contribution in [0.3, 0.4) is 0 Å². The summed E-state index contributed by atoms with van der Waals surface area (Å²) in [5.41, 5.74) is 0.477. The van der Waals surface area contributed by atoms with Crippen LogP contribution in [-0.2, 0) is 9.59 Å². The van der Waals surface area contributed by atoms with Crippen LogP contribution in [0.2, 0.25) is 5.02 Å². The first-order chi connectivity index (χ1) is 20.5. The second kappa shape index (κ2) is 16.7.